The maximum Gasteiger partial charge on any atom is 0.0459 e. The van der Waals surface area contributed by atoms with Gasteiger partial charge in [0, 0.05) is 23.3 Å². The Morgan fingerprint density at radius 3 is 2.94 bits per heavy atom. The number of hydrogen-bond acceptors (Lipinski definition) is 2. The van der Waals surface area contributed by atoms with E-state index in [0.717, 1.165) is 18.0 Å². The minimum atomic E-state index is 0.654. The zero-order chi connectivity index (χ0) is 13.0. The molecule has 0 aliphatic carbocycles. The van der Waals surface area contributed by atoms with Crippen molar-refractivity contribution in [2.24, 2.45) is 5.73 Å². The van der Waals surface area contributed by atoms with Crippen LogP contribution in [0.15, 0.2) is 18.2 Å². The van der Waals surface area contributed by atoms with Crippen molar-refractivity contribution in [3.63, 3.8) is 0 Å². The molecule has 1 aliphatic heterocycles. The molecule has 1 aromatic carbocycles. The largest absolute Gasteiger partial charge is 0.368 e. The predicted molar refractivity (Wildman–Crippen MR) is 79.5 cm³/mol. The Bertz CT molecular complexity index is 392. The molecule has 1 fully saturated rings. The van der Waals surface area contributed by atoms with Crippen molar-refractivity contribution in [3.8, 4) is 0 Å². The molecule has 2 rings (SSSR count). The molecule has 1 unspecified atom stereocenters. The first-order valence-electron chi connectivity index (χ1n) is 7.02. The van der Waals surface area contributed by atoms with E-state index in [1.54, 1.807) is 0 Å². The SMILES string of the molecule is CCC1CCCCN1c1cccc(Cl)c1CCN. The number of anilines is 1. The lowest BCUT2D eigenvalue weighted by molar-refractivity contribution is 0.449. The molecular formula is C15H23ClN2. The van der Waals surface area contributed by atoms with Crippen molar-refractivity contribution < 1.29 is 0 Å². The maximum absolute atomic E-state index is 6.34. The van der Waals surface area contributed by atoms with Gasteiger partial charge in [0.15, 0.2) is 0 Å². The van der Waals surface area contributed by atoms with E-state index in [9.17, 15) is 0 Å². The second-order valence-corrected chi connectivity index (χ2v) is 5.43. The lowest BCUT2D eigenvalue weighted by atomic mass is 9.97. The first-order chi connectivity index (χ1) is 8.77. The van der Waals surface area contributed by atoms with Gasteiger partial charge < -0.3 is 10.6 Å². The van der Waals surface area contributed by atoms with Gasteiger partial charge in [0.25, 0.3) is 0 Å². The van der Waals surface area contributed by atoms with E-state index in [4.69, 9.17) is 17.3 Å². The fourth-order valence-corrected chi connectivity index (χ4v) is 3.21. The molecule has 0 spiro atoms. The Labute approximate surface area is 115 Å². The molecule has 1 atom stereocenters. The smallest absolute Gasteiger partial charge is 0.0459 e. The van der Waals surface area contributed by atoms with Crippen LogP contribution in [0.5, 0.6) is 0 Å². The molecule has 2 N–H and O–H groups in total. The number of rotatable bonds is 4. The number of piperidine rings is 1. The summed E-state index contributed by atoms with van der Waals surface area (Å²) in [7, 11) is 0. The van der Waals surface area contributed by atoms with E-state index < -0.39 is 0 Å². The molecule has 0 bridgehead atoms. The molecule has 0 aromatic heterocycles. The highest BCUT2D eigenvalue weighted by Gasteiger charge is 2.23. The Kier molecular flexibility index (Phi) is 4.90. The van der Waals surface area contributed by atoms with Crippen molar-refractivity contribution in [2.75, 3.05) is 18.0 Å². The van der Waals surface area contributed by atoms with Gasteiger partial charge in [-0.1, -0.05) is 24.6 Å². The number of benzene rings is 1. The minimum absolute atomic E-state index is 0.654. The van der Waals surface area contributed by atoms with Crippen LogP contribution in [-0.4, -0.2) is 19.1 Å². The summed E-state index contributed by atoms with van der Waals surface area (Å²) in [5, 5.41) is 0.860. The third-order valence-corrected chi connectivity index (χ3v) is 4.25. The van der Waals surface area contributed by atoms with Crippen LogP contribution in [0, 0.1) is 0 Å². The molecule has 0 radical (unpaired) electrons. The molecule has 2 nitrogen and oxygen atoms in total. The highest BCUT2D eigenvalue weighted by atomic mass is 35.5. The third kappa shape index (κ3) is 2.81. The Hall–Kier alpha value is -0.730. The molecule has 18 heavy (non-hydrogen) atoms. The molecule has 1 heterocycles. The number of halogens is 1. The second-order valence-electron chi connectivity index (χ2n) is 5.03. The highest BCUT2D eigenvalue weighted by Crippen LogP contribution is 2.33. The van der Waals surface area contributed by atoms with Gasteiger partial charge in [0.1, 0.15) is 0 Å². The van der Waals surface area contributed by atoms with Gasteiger partial charge in [0.2, 0.25) is 0 Å². The van der Waals surface area contributed by atoms with E-state index in [1.165, 1.54) is 36.9 Å². The second kappa shape index (κ2) is 6.44. The Morgan fingerprint density at radius 1 is 1.39 bits per heavy atom. The summed E-state index contributed by atoms with van der Waals surface area (Å²) < 4.78 is 0. The summed E-state index contributed by atoms with van der Waals surface area (Å²) in [4.78, 5) is 2.54. The molecular weight excluding hydrogens is 244 g/mol. The molecule has 1 saturated heterocycles. The van der Waals surface area contributed by atoms with Crippen molar-refractivity contribution in [1.82, 2.24) is 0 Å². The summed E-state index contributed by atoms with van der Waals surface area (Å²) in [6, 6.07) is 6.89. The highest BCUT2D eigenvalue weighted by molar-refractivity contribution is 6.31. The van der Waals surface area contributed by atoms with Gasteiger partial charge in [-0.25, -0.2) is 0 Å². The monoisotopic (exact) mass is 266 g/mol. The lowest BCUT2D eigenvalue weighted by Gasteiger charge is -2.38. The van der Waals surface area contributed by atoms with Crippen LogP contribution < -0.4 is 10.6 Å². The fraction of sp³-hybridized carbons (Fsp3) is 0.600. The topological polar surface area (TPSA) is 29.3 Å². The molecule has 3 heteroatoms. The van der Waals surface area contributed by atoms with Gasteiger partial charge in [-0.2, -0.15) is 0 Å². The van der Waals surface area contributed by atoms with E-state index >= 15 is 0 Å². The summed E-state index contributed by atoms with van der Waals surface area (Å²) in [5.41, 5.74) is 8.25. The van der Waals surface area contributed by atoms with Crippen LogP contribution in [0.2, 0.25) is 5.02 Å². The maximum atomic E-state index is 6.34. The minimum Gasteiger partial charge on any atom is -0.368 e. The van der Waals surface area contributed by atoms with Gasteiger partial charge >= 0.3 is 0 Å². The van der Waals surface area contributed by atoms with E-state index in [1.807, 2.05) is 6.07 Å². The summed E-state index contributed by atoms with van der Waals surface area (Å²) >= 11 is 6.34. The van der Waals surface area contributed by atoms with Gasteiger partial charge in [0.05, 0.1) is 0 Å². The first kappa shape index (κ1) is 13.7. The van der Waals surface area contributed by atoms with Crippen LogP contribution in [0.1, 0.15) is 38.2 Å². The fourth-order valence-electron chi connectivity index (χ4n) is 2.95. The summed E-state index contributed by atoms with van der Waals surface area (Å²) in [5.74, 6) is 0. The van der Waals surface area contributed by atoms with Gasteiger partial charge in [-0.15, -0.1) is 0 Å². The zero-order valence-electron chi connectivity index (χ0n) is 11.2. The number of nitrogens with zero attached hydrogens (tertiary/aromatic N) is 1. The van der Waals surface area contributed by atoms with Gasteiger partial charge in [-0.3, -0.25) is 0 Å². The molecule has 100 valence electrons. The zero-order valence-corrected chi connectivity index (χ0v) is 11.9. The number of hydrogen-bond donors (Lipinski definition) is 1. The average Bonchev–Trinajstić information content (AvgIpc) is 2.41. The average molecular weight is 267 g/mol. The van der Waals surface area contributed by atoms with Crippen LogP contribution in [-0.2, 0) is 6.42 Å². The number of nitrogens with two attached hydrogens (primary N) is 1. The third-order valence-electron chi connectivity index (χ3n) is 3.90. The van der Waals surface area contributed by atoms with Crippen LogP contribution in [0.25, 0.3) is 0 Å². The van der Waals surface area contributed by atoms with E-state index in [-0.39, 0.29) is 0 Å². The van der Waals surface area contributed by atoms with Crippen LogP contribution in [0.4, 0.5) is 5.69 Å². The van der Waals surface area contributed by atoms with Crippen LogP contribution >= 0.6 is 11.6 Å². The van der Waals surface area contributed by atoms with Crippen molar-refractivity contribution >= 4 is 17.3 Å². The summed E-state index contributed by atoms with van der Waals surface area (Å²) in [6.45, 7) is 4.08. The Balaban J connectivity index is 2.33. The normalized spacial score (nSPS) is 20.2. The predicted octanol–water partition coefficient (Wildman–Crippen LogP) is 3.61. The first-order valence-corrected chi connectivity index (χ1v) is 7.39. The Morgan fingerprint density at radius 2 is 2.22 bits per heavy atom. The van der Waals surface area contributed by atoms with Crippen LogP contribution in [0.3, 0.4) is 0 Å². The summed E-state index contributed by atoms with van der Waals surface area (Å²) in [6.07, 6.45) is 5.99. The molecule has 0 amide bonds. The molecule has 1 aliphatic rings. The lowest BCUT2D eigenvalue weighted by Crippen LogP contribution is -2.39. The van der Waals surface area contributed by atoms with Crippen molar-refractivity contribution in [3.05, 3.63) is 28.8 Å². The quantitative estimate of drug-likeness (QED) is 0.902. The molecule has 0 saturated carbocycles. The van der Waals surface area contributed by atoms with Crippen molar-refractivity contribution in [1.29, 1.82) is 0 Å². The van der Waals surface area contributed by atoms with Gasteiger partial charge in [-0.05, 0) is 56.3 Å². The van der Waals surface area contributed by atoms with Crippen molar-refractivity contribution in [2.45, 2.75) is 45.1 Å². The van der Waals surface area contributed by atoms with E-state index in [0.29, 0.717) is 12.6 Å². The van der Waals surface area contributed by atoms with E-state index in [2.05, 4.69) is 24.0 Å². The molecule has 1 aromatic rings. The standard InChI is InChI=1S/C15H23ClN2/c1-2-12-6-3-4-11-18(12)15-8-5-7-14(16)13(15)9-10-17/h5,7-8,12H,2-4,6,9-11,17H2,1H3.